The zero-order valence-corrected chi connectivity index (χ0v) is 12.8. The number of benzene rings is 1. The Bertz CT molecular complexity index is 810. The standard InChI is InChI=1S/C11H9BrN4O4S/c12-8-2-1-5-14-11(8)15-21(19,20)7-3-4-9(13)10(6-7)16(17)18/h1-6H,13H2,(H,14,15). The molecule has 0 aliphatic carbocycles. The van der Waals surface area contributed by atoms with Crippen molar-refractivity contribution in [2.75, 3.05) is 10.5 Å². The summed E-state index contributed by atoms with van der Waals surface area (Å²) in [6.45, 7) is 0. The van der Waals surface area contributed by atoms with Crippen LogP contribution in [-0.2, 0) is 10.0 Å². The molecule has 0 saturated carbocycles. The molecule has 10 heteroatoms. The summed E-state index contributed by atoms with van der Waals surface area (Å²) in [5.74, 6) is 0.0805. The molecule has 8 nitrogen and oxygen atoms in total. The second kappa shape index (κ2) is 5.66. The highest BCUT2D eigenvalue weighted by atomic mass is 79.9. The normalized spacial score (nSPS) is 11.1. The molecule has 0 atom stereocenters. The molecular formula is C11H9BrN4O4S. The van der Waals surface area contributed by atoms with Gasteiger partial charge in [-0.15, -0.1) is 0 Å². The molecule has 0 aliphatic rings. The summed E-state index contributed by atoms with van der Waals surface area (Å²) in [6, 6.07) is 6.47. The molecule has 0 radical (unpaired) electrons. The minimum atomic E-state index is -4.01. The predicted octanol–water partition coefficient (Wildman–Crippen LogP) is 2.14. The van der Waals surface area contributed by atoms with Gasteiger partial charge in [0.05, 0.1) is 14.3 Å². The third-order valence-electron chi connectivity index (χ3n) is 2.50. The summed E-state index contributed by atoms with van der Waals surface area (Å²) in [6.07, 6.45) is 1.41. The minimum Gasteiger partial charge on any atom is -0.393 e. The first kappa shape index (κ1) is 15.2. The van der Waals surface area contributed by atoms with Crippen LogP contribution in [0.15, 0.2) is 45.9 Å². The second-order valence-electron chi connectivity index (χ2n) is 3.92. The van der Waals surface area contributed by atoms with E-state index in [2.05, 4.69) is 25.6 Å². The highest BCUT2D eigenvalue weighted by Gasteiger charge is 2.21. The van der Waals surface area contributed by atoms with Crippen molar-refractivity contribution in [3.05, 3.63) is 51.1 Å². The van der Waals surface area contributed by atoms with Crippen LogP contribution in [0, 0.1) is 10.1 Å². The first-order valence-corrected chi connectivity index (χ1v) is 7.76. The van der Waals surface area contributed by atoms with Crippen molar-refractivity contribution in [1.82, 2.24) is 4.98 Å². The predicted molar refractivity (Wildman–Crippen MR) is 80.3 cm³/mol. The van der Waals surface area contributed by atoms with Gasteiger partial charge < -0.3 is 5.73 Å². The average Bonchev–Trinajstić information content (AvgIpc) is 2.41. The van der Waals surface area contributed by atoms with Crippen molar-refractivity contribution in [1.29, 1.82) is 0 Å². The molecule has 0 aliphatic heterocycles. The molecule has 1 heterocycles. The number of nitrogen functional groups attached to an aromatic ring is 1. The molecule has 1 aromatic carbocycles. The maximum Gasteiger partial charge on any atom is 0.293 e. The van der Waals surface area contributed by atoms with Gasteiger partial charge in [-0.05, 0) is 40.2 Å². The van der Waals surface area contributed by atoms with E-state index in [1.54, 1.807) is 12.1 Å². The zero-order valence-electron chi connectivity index (χ0n) is 10.4. The Kier molecular flexibility index (Phi) is 4.09. The topological polar surface area (TPSA) is 128 Å². The number of hydrogen-bond acceptors (Lipinski definition) is 6. The Morgan fingerprint density at radius 1 is 1.33 bits per heavy atom. The van der Waals surface area contributed by atoms with Gasteiger partial charge >= 0.3 is 0 Å². The summed E-state index contributed by atoms with van der Waals surface area (Å²) < 4.78 is 27.1. The number of pyridine rings is 1. The van der Waals surface area contributed by atoms with Crippen LogP contribution in [0.3, 0.4) is 0 Å². The molecule has 0 spiro atoms. The summed E-state index contributed by atoms with van der Waals surface area (Å²) >= 11 is 3.15. The Labute approximate surface area is 128 Å². The van der Waals surface area contributed by atoms with E-state index in [9.17, 15) is 18.5 Å². The quantitative estimate of drug-likeness (QED) is 0.480. The molecule has 3 N–H and O–H groups in total. The maximum atomic E-state index is 12.2. The SMILES string of the molecule is Nc1ccc(S(=O)(=O)Nc2ncccc2Br)cc1[N+](=O)[O-]. The van der Waals surface area contributed by atoms with Gasteiger partial charge in [0.2, 0.25) is 0 Å². The lowest BCUT2D eigenvalue weighted by Gasteiger charge is -2.09. The zero-order chi connectivity index (χ0) is 15.6. The molecule has 0 bridgehead atoms. The van der Waals surface area contributed by atoms with E-state index < -0.39 is 20.6 Å². The molecule has 110 valence electrons. The number of hydrogen-bond donors (Lipinski definition) is 2. The van der Waals surface area contributed by atoms with Crippen LogP contribution in [0.25, 0.3) is 0 Å². The minimum absolute atomic E-state index is 0.0805. The van der Waals surface area contributed by atoms with Crippen molar-refractivity contribution in [3.63, 3.8) is 0 Å². The number of halogens is 1. The van der Waals surface area contributed by atoms with Gasteiger partial charge in [-0.1, -0.05) is 0 Å². The molecule has 0 amide bonds. The number of nitrogens with one attached hydrogen (secondary N) is 1. The third kappa shape index (κ3) is 3.28. The summed E-state index contributed by atoms with van der Waals surface area (Å²) in [7, 11) is -4.01. The van der Waals surface area contributed by atoms with Crippen molar-refractivity contribution in [2.45, 2.75) is 4.90 Å². The number of sulfonamides is 1. The summed E-state index contributed by atoms with van der Waals surface area (Å²) in [5.41, 5.74) is 4.85. The van der Waals surface area contributed by atoms with Gasteiger partial charge in [-0.2, -0.15) is 0 Å². The summed E-state index contributed by atoms with van der Waals surface area (Å²) in [5, 5.41) is 10.8. The van der Waals surface area contributed by atoms with Gasteiger partial charge in [0, 0.05) is 12.3 Å². The molecule has 1 aromatic heterocycles. The number of nitro groups is 1. The molecule has 0 fully saturated rings. The highest BCUT2D eigenvalue weighted by molar-refractivity contribution is 9.10. The Balaban J connectivity index is 2.43. The van der Waals surface area contributed by atoms with Gasteiger partial charge in [0.1, 0.15) is 5.69 Å². The van der Waals surface area contributed by atoms with Gasteiger partial charge in [-0.3, -0.25) is 14.8 Å². The van der Waals surface area contributed by atoms with E-state index in [4.69, 9.17) is 5.73 Å². The summed E-state index contributed by atoms with van der Waals surface area (Å²) in [4.78, 5) is 13.7. The van der Waals surface area contributed by atoms with Crippen molar-refractivity contribution < 1.29 is 13.3 Å². The Morgan fingerprint density at radius 3 is 2.67 bits per heavy atom. The highest BCUT2D eigenvalue weighted by Crippen LogP contribution is 2.27. The van der Waals surface area contributed by atoms with Crippen LogP contribution >= 0.6 is 15.9 Å². The van der Waals surface area contributed by atoms with Crippen LogP contribution in [0.2, 0.25) is 0 Å². The van der Waals surface area contributed by atoms with E-state index in [1.165, 1.54) is 18.3 Å². The Hall–Kier alpha value is -2.20. The second-order valence-corrected chi connectivity index (χ2v) is 6.45. The van der Waals surface area contributed by atoms with Gasteiger partial charge in [0.25, 0.3) is 15.7 Å². The number of aromatic nitrogens is 1. The van der Waals surface area contributed by atoms with E-state index in [0.29, 0.717) is 4.47 Å². The first-order valence-electron chi connectivity index (χ1n) is 5.48. The molecule has 0 saturated heterocycles. The lowest BCUT2D eigenvalue weighted by molar-refractivity contribution is -0.384. The van der Waals surface area contributed by atoms with Crippen LogP contribution < -0.4 is 10.5 Å². The molecule has 0 unspecified atom stereocenters. The lowest BCUT2D eigenvalue weighted by Crippen LogP contribution is -2.14. The molecular weight excluding hydrogens is 364 g/mol. The fourth-order valence-electron chi connectivity index (χ4n) is 1.50. The molecule has 2 rings (SSSR count). The van der Waals surface area contributed by atoms with E-state index >= 15 is 0 Å². The monoisotopic (exact) mass is 372 g/mol. The number of nitrogens with two attached hydrogens (primary N) is 1. The number of rotatable bonds is 4. The van der Waals surface area contributed by atoms with E-state index in [0.717, 1.165) is 6.07 Å². The van der Waals surface area contributed by atoms with Gasteiger partial charge in [0.15, 0.2) is 5.82 Å². The number of nitro benzene ring substituents is 1. The third-order valence-corrected chi connectivity index (χ3v) is 4.47. The fraction of sp³-hybridized carbons (Fsp3) is 0. The first-order chi connectivity index (χ1) is 9.81. The van der Waals surface area contributed by atoms with Crippen LogP contribution in [0.1, 0.15) is 0 Å². The van der Waals surface area contributed by atoms with Crippen molar-refractivity contribution in [2.24, 2.45) is 0 Å². The molecule has 2 aromatic rings. The smallest absolute Gasteiger partial charge is 0.293 e. The lowest BCUT2D eigenvalue weighted by atomic mass is 10.3. The van der Waals surface area contributed by atoms with E-state index in [-0.39, 0.29) is 16.4 Å². The largest absolute Gasteiger partial charge is 0.393 e. The van der Waals surface area contributed by atoms with Gasteiger partial charge in [-0.25, -0.2) is 13.4 Å². The van der Waals surface area contributed by atoms with Crippen LogP contribution in [-0.4, -0.2) is 18.3 Å². The number of nitrogens with zero attached hydrogens (tertiary/aromatic N) is 2. The maximum absolute atomic E-state index is 12.2. The number of anilines is 2. The van der Waals surface area contributed by atoms with Crippen LogP contribution in [0.5, 0.6) is 0 Å². The van der Waals surface area contributed by atoms with Crippen molar-refractivity contribution in [3.8, 4) is 0 Å². The molecule has 21 heavy (non-hydrogen) atoms. The fourth-order valence-corrected chi connectivity index (χ4v) is 3.03. The van der Waals surface area contributed by atoms with Crippen LogP contribution in [0.4, 0.5) is 17.2 Å². The Morgan fingerprint density at radius 2 is 2.05 bits per heavy atom. The van der Waals surface area contributed by atoms with Crippen molar-refractivity contribution >= 4 is 43.1 Å². The average molecular weight is 373 g/mol. The van der Waals surface area contributed by atoms with E-state index in [1.807, 2.05) is 0 Å².